The fraction of sp³-hybridized carbons (Fsp3) is 0.154. The highest BCUT2D eigenvalue weighted by Crippen LogP contribution is 2.10. The van der Waals surface area contributed by atoms with Crippen LogP contribution >= 0.6 is 0 Å². The van der Waals surface area contributed by atoms with Crippen LogP contribution in [0.15, 0.2) is 48.7 Å². The SMILES string of the molecule is CN(C)/C=C/C=C(/C=O)c1ccccc1. The van der Waals surface area contributed by atoms with Gasteiger partial charge in [0.15, 0.2) is 6.29 Å². The summed E-state index contributed by atoms with van der Waals surface area (Å²) < 4.78 is 0. The molecule has 0 saturated heterocycles. The van der Waals surface area contributed by atoms with Crippen molar-refractivity contribution in [2.24, 2.45) is 0 Å². The summed E-state index contributed by atoms with van der Waals surface area (Å²) in [5.74, 6) is 0. The van der Waals surface area contributed by atoms with Crippen LogP contribution in [-0.4, -0.2) is 25.3 Å². The van der Waals surface area contributed by atoms with Crippen LogP contribution in [0.2, 0.25) is 0 Å². The van der Waals surface area contributed by atoms with Crippen LogP contribution in [0.1, 0.15) is 5.56 Å². The number of rotatable bonds is 4. The average molecular weight is 201 g/mol. The molecule has 0 N–H and O–H groups in total. The molecule has 0 spiro atoms. The third-order valence-corrected chi connectivity index (χ3v) is 1.89. The second-order valence-corrected chi connectivity index (χ2v) is 3.41. The number of aldehydes is 1. The molecule has 1 aromatic carbocycles. The van der Waals surface area contributed by atoms with Gasteiger partial charge in [0.1, 0.15) is 0 Å². The van der Waals surface area contributed by atoms with Crippen molar-refractivity contribution in [2.75, 3.05) is 14.1 Å². The van der Waals surface area contributed by atoms with Gasteiger partial charge >= 0.3 is 0 Å². The fourth-order valence-electron chi connectivity index (χ4n) is 1.15. The van der Waals surface area contributed by atoms with E-state index in [1.807, 2.05) is 67.7 Å². The van der Waals surface area contributed by atoms with Gasteiger partial charge in [-0.2, -0.15) is 0 Å². The number of benzene rings is 1. The summed E-state index contributed by atoms with van der Waals surface area (Å²) in [5, 5.41) is 0. The predicted octanol–water partition coefficient (Wildman–Crippen LogP) is 2.34. The minimum atomic E-state index is 0.689. The third-order valence-electron chi connectivity index (χ3n) is 1.89. The zero-order valence-corrected chi connectivity index (χ0v) is 9.05. The maximum absolute atomic E-state index is 10.9. The number of hydrogen-bond acceptors (Lipinski definition) is 2. The summed E-state index contributed by atoms with van der Waals surface area (Å²) in [5.41, 5.74) is 1.63. The minimum Gasteiger partial charge on any atom is -0.383 e. The maximum Gasteiger partial charge on any atom is 0.150 e. The van der Waals surface area contributed by atoms with E-state index in [9.17, 15) is 4.79 Å². The van der Waals surface area contributed by atoms with E-state index in [1.165, 1.54) is 0 Å². The Bertz CT molecular complexity index is 363. The topological polar surface area (TPSA) is 20.3 Å². The molecule has 0 radical (unpaired) electrons. The standard InChI is InChI=1S/C13H15NO/c1-14(2)10-6-9-13(11-15)12-7-4-3-5-8-12/h3-11H,1-2H3/b10-6+,13-9-. The Balaban J connectivity index is 2.85. The summed E-state index contributed by atoms with van der Waals surface area (Å²) in [7, 11) is 3.88. The molecule has 0 aliphatic heterocycles. The Labute approximate surface area is 90.5 Å². The van der Waals surface area contributed by atoms with Crippen molar-refractivity contribution in [3.8, 4) is 0 Å². The molecule has 0 aliphatic carbocycles. The Hall–Kier alpha value is -1.83. The summed E-state index contributed by atoms with van der Waals surface area (Å²) >= 11 is 0. The summed E-state index contributed by atoms with van der Waals surface area (Å²) in [6.45, 7) is 0. The predicted molar refractivity (Wildman–Crippen MR) is 63.3 cm³/mol. The van der Waals surface area contributed by atoms with Crippen LogP contribution in [0.4, 0.5) is 0 Å². The van der Waals surface area contributed by atoms with Crippen LogP contribution in [0.5, 0.6) is 0 Å². The maximum atomic E-state index is 10.9. The first kappa shape index (κ1) is 11.2. The van der Waals surface area contributed by atoms with Gasteiger partial charge in [-0.15, -0.1) is 0 Å². The van der Waals surface area contributed by atoms with Crippen LogP contribution in [0, 0.1) is 0 Å². The zero-order valence-electron chi connectivity index (χ0n) is 9.05. The Kier molecular flexibility index (Phi) is 4.35. The number of nitrogens with zero attached hydrogens (tertiary/aromatic N) is 1. The Morgan fingerprint density at radius 3 is 2.40 bits per heavy atom. The van der Waals surface area contributed by atoms with Crippen molar-refractivity contribution in [3.05, 3.63) is 54.2 Å². The quantitative estimate of drug-likeness (QED) is 0.423. The average Bonchev–Trinajstić information content (AvgIpc) is 2.25. The number of carbonyl (C=O) groups excluding carboxylic acids is 1. The van der Waals surface area contributed by atoms with Crippen molar-refractivity contribution in [2.45, 2.75) is 0 Å². The van der Waals surface area contributed by atoms with Crippen LogP contribution < -0.4 is 0 Å². The largest absolute Gasteiger partial charge is 0.383 e. The highest BCUT2D eigenvalue weighted by Gasteiger charge is 1.96. The lowest BCUT2D eigenvalue weighted by Crippen LogP contribution is -1.99. The van der Waals surface area contributed by atoms with Gasteiger partial charge < -0.3 is 4.90 Å². The second-order valence-electron chi connectivity index (χ2n) is 3.41. The molecule has 0 fully saturated rings. The lowest BCUT2D eigenvalue weighted by atomic mass is 10.1. The molecule has 2 heteroatoms. The molecule has 0 bridgehead atoms. The molecule has 78 valence electrons. The number of carbonyl (C=O) groups is 1. The molecule has 0 saturated carbocycles. The summed E-state index contributed by atoms with van der Waals surface area (Å²) in [6.07, 6.45) is 6.43. The molecule has 0 amide bonds. The van der Waals surface area contributed by atoms with E-state index < -0.39 is 0 Å². The molecule has 0 heterocycles. The molecule has 0 unspecified atom stereocenters. The molecule has 1 aromatic rings. The lowest BCUT2D eigenvalue weighted by Gasteiger charge is -2.02. The molecule has 0 aromatic heterocycles. The lowest BCUT2D eigenvalue weighted by molar-refractivity contribution is -0.103. The van der Waals surface area contributed by atoms with E-state index in [1.54, 1.807) is 0 Å². The second kappa shape index (κ2) is 5.81. The molecule has 2 nitrogen and oxygen atoms in total. The van der Waals surface area contributed by atoms with E-state index in [0.717, 1.165) is 11.8 Å². The van der Waals surface area contributed by atoms with E-state index in [-0.39, 0.29) is 0 Å². The minimum absolute atomic E-state index is 0.689. The van der Waals surface area contributed by atoms with Gasteiger partial charge in [0.05, 0.1) is 0 Å². The van der Waals surface area contributed by atoms with Gasteiger partial charge in [0.2, 0.25) is 0 Å². The van der Waals surface area contributed by atoms with E-state index >= 15 is 0 Å². The van der Waals surface area contributed by atoms with Crippen LogP contribution in [-0.2, 0) is 4.79 Å². The highest BCUT2D eigenvalue weighted by molar-refractivity contribution is 6.07. The van der Waals surface area contributed by atoms with Crippen molar-refractivity contribution in [1.82, 2.24) is 4.90 Å². The van der Waals surface area contributed by atoms with Crippen molar-refractivity contribution in [3.63, 3.8) is 0 Å². The normalized spacial score (nSPS) is 11.7. The summed E-state index contributed by atoms with van der Waals surface area (Å²) in [4.78, 5) is 12.8. The molecule has 1 rings (SSSR count). The van der Waals surface area contributed by atoms with E-state index in [0.29, 0.717) is 5.57 Å². The highest BCUT2D eigenvalue weighted by atomic mass is 16.1. The van der Waals surface area contributed by atoms with E-state index in [2.05, 4.69) is 0 Å². The first-order valence-corrected chi connectivity index (χ1v) is 4.79. The summed E-state index contributed by atoms with van der Waals surface area (Å²) in [6, 6.07) is 9.61. The van der Waals surface area contributed by atoms with E-state index in [4.69, 9.17) is 0 Å². The van der Waals surface area contributed by atoms with Gasteiger partial charge in [-0.25, -0.2) is 0 Å². The van der Waals surface area contributed by atoms with Gasteiger partial charge in [-0.1, -0.05) is 30.3 Å². The van der Waals surface area contributed by atoms with Crippen molar-refractivity contribution in [1.29, 1.82) is 0 Å². The van der Waals surface area contributed by atoms with Crippen LogP contribution in [0.25, 0.3) is 5.57 Å². The zero-order chi connectivity index (χ0) is 11.1. The Morgan fingerprint density at radius 2 is 1.87 bits per heavy atom. The number of allylic oxidation sites excluding steroid dienone is 3. The van der Waals surface area contributed by atoms with Crippen molar-refractivity contribution < 1.29 is 4.79 Å². The Morgan fingerprint density at radius 1 is 1.20 bits per heavy atom. The fourth-order valence-corrected chi connectivity index (χ4v) is 1.15. The van der Waals surface area contributed by atoms with Gasteiger partial charge in [0, 0.05) is 19.7 Å². The first-order chi connectivity index (χ1) is 7.24. The van der Waals surface area contributed by atoms with Crippen LogP contribution in [0.3, 0.4) is 0 Å². The van der Waals surface area contributed by atoms with Gasteiger partial charge in [-0.05, 0) is 23.9 Å². The third kappa shape index (κ3) is 3.81. The molecule has 0 aliphatic rings. The molecular formula is C13H15NO. The van der Waals surface area contributed by atoms with Gasteiger partial charge in [0.25, 0.3) is 0 Å². The van der Waals surface area contributed by atoms with Crippen molar-refractivity contribution >= 4 is 11.9 Å². The molecular weight excluding hydrogens is 186 g/mol. The number of hydrogen-bond donors (Lipinski definition) is 0. The van der Waals surface area contributed by atoms with Gasteiger partial charge in [-0.3, -0.25) is 4.79 Å². The first-order valence-electron chi connectivity index (χ1n) is 4.79. The monoisotopic (exact) mass is 201 g/mol. The smallest absolute Gasteiger partial charge is 0.150 e. The molecule has 15 heavy (non-hydrogen) atoms. The molecule has 0 atom stereocenters.